The fourth-order valence-corrected chi connectivity index (χ4v) is 4.00. The highest BCUT2D eigenvalue weighted by Gasteiger charge is 2.15. The number of nitrogens with one attached hydrogen (secondary N) is 1. The minimum Gasteiger partial charge on any atom is -0.325 e. The lowest BCUT2D eigenvalue weighted by atomic mass is 10.3. The number of para-hydroxylation sites is 2. The minimum absolute atomic E-state index is 0.0411. The number of carbonyl (C=O) groups excluding carboxylic acids is 1. The van der Waals surface area contributed by atoms with E-state index in [9.17, 15) is 18.0 Å². The summed E-state index contributed by atoms with van der Waals surface area (Å²) < 4.78 is 26.7. The van der Waals surface area contributed by atoms with Crippen LogP contribution in [0, 0.1) is 0 Å². The quantitative estimate of drug-likeness (QED) is 0.616. The second-order valence-electron chi connectivity index (χ2n) is 6.79. The number of hydrogen-bond donors (Lipinski definition) is 1. The van der Waals surface area contributed by atoms with Crippen molar-refractivity contribution < 1.29 is 13.2 Å². The number of aromatic nitrogens is 2. The van der Waals surface area contributed by atoms with Crippen LogP contribution in [0.15, 0.2) is 52.2 Å². The Balaban J connectivity index is 1.81. The first-order valence-corrected chi connectivity index (χ1v) is 11.5. The molecule has 0 atom stereocenters. The number of benzene rings is 2. The molecular weight excluding hydrogens is 414 g/mol. The number of aryl methyl sites for hydroxylation is 2. The van der Waals surface area contributed by atoms with Gasteiger partial charge in [-0.05, 0) is 36.8 Å². The van der Waals surface area contributed by atoms with E-state index in [0.29, 0.717) is 6.54 Å². The van der Waals surface area contributed by atoms with Gasteiger partial charge in [0, 0.05) is 25.8 Å². The molecule has 0 saturated carbocycles. The summed E-state index contributed by atoms with van der Waals surface area (Å²) in [5.74, 6) is -0.364. The highest BCUT2D eigenvalue weighted by Crippen LogP contribution is 2.25. The van der Waals surface area contributed by atoms with E-state index < -0.39 is 9.84 Å². The smallest absolute Gasteiger partial charge is 0.325 e. The molecule has 0 aliphatic rings. The lowest BCUT2D eigenvalue weighted by Crippen LogP contribution is -2.26. The third-order valence-electron chi connectivity index (χ3n) is 4.57. The molecule has 0 unspecified atom stereocenters. The average Bonchev–Trinajstić information content (AvgIpc) is 2.93. The van der Waals surface area contributed by atoms with E-state index in [1.165, 1.54) is 18.2 Å². The van der Waals surface area contributed by atoms with Gasteiger partial charge in [0.2, 0.25) is 5.91 Å². The van der Waals surface area contributed by atoms with Crippen LogP contribution in [0.4, 0.5) is 5.69 Å². The van der Waals surface area contributed by atoms with Crippen molar-refractivity contribution in [3.63, 3.8) is 0 Å². The van der Waals surface area contributed by atoms with E-state index in [1.807, 2.05) is 31.2 Å². The normalized spacial score (nSPS) is 11.7. The van der Waals surface area contributed by atoms with Crippen molar-refractivity contribution in [1.82, 2.24) is 9.13 Å². The summed E-state index contributed by atoms with van der Waals surface area (Å²) in [4.78, 5) is 25.3. The predicted molar refractivity (Wildman–Crippen MR) is 114 cm³/mol. The molecule has 9 heteroatoms. The van der Waals surface area contributed by atoms with Gasteiger partial charge in [-0.25, -0.2) is 13.2 Å². The molecule has 0 aliphatic heterocycles. The summed E-state index contributed by atoms with van der Waals surface area (Å²) in [6.45, 7) is 2.80. The lowest BCUT2D eigenvalue weighted by molar-refractivity contribution is -0.116. The Hall–Kier alpha value is -2.58. The molecule has 0 bridgehead atoms. The van der Waals surface area contributed by atoms with Crippen LogP contribution >= 0.6 is 11.6 Å². The van der Waals surface area contributed by atoms with Crippen molar-refractivity contribution in [2.75, 3.05) is 11.6 Å². The molecule has 29 heavy (non-hydrogen) atoms. The first-order valence-electron chi connectivity index (χ1n) is 9.20. The molecule has 1 heterocycles. The minimum atomic E-state index is -3.42. The number of rotatable bonds is 7. The second kappa shape index (κ2) is 8.42. The van der Waals surface area contributed by atoms with Crippen molar-refractivity contribution in [3.8, 4) is 0 Å². The van der Waals surface area contributed by atoms with Gasteiger partial charge in [-0.3, -0.25) is 13.9 Å². The van der Waals surface area contributed by atoms with Crippen LogP contribution in [0.25, 0.3) is 11.0 Å². The van der Waals surface area contributed by atoms with Gasteiger partial charge in [0.15, 0.2) is 9.84 Å². The topological polar surface area (TPSA) is 90.2 Å². The van der Waals surface area contributed by atoms with Crippen LogP contribution in [0.2, 0.25) is 5.02 Å². The molecule has 3 rings (SSSR count). The van der Waals surface area contributed by atoms with E-state index in [2.05, 4.69) is 5.32 Å². The zero-order valence-electron chi connectivity index (χ0n) is 16.2. The van der Waals surface area contributed by atoms with Gasteiger partial charge in [0.1, 0.15) is 0 Å². The molecule has 0 radical (unpaired) electrons. The lowest BCUT2D eigenvalue weighted by Gasteiger charge is -2.09. The summed E-state index contributed by atoms with van der Waals surface area (Å²) in [7, 11) is -3.42. The molecular formula is C20H22ClN3O4S. The molecule has 1 N–H and O–H groups in total. The fraction of sp³-hybridized carbons (Fsp3) is 0.300. The van der Waals surface area contributed by atoms with Crippen LogP contribution < -0.4 is 11.0 Å². The van der Waals surface area contributed by atoms with E-state index in [1.54, 1.807) is 9.13 Å². The molecule has 0 fully saturated rings. The van der Waals surface area contributed by atoms with Crippen LogP contribution in [0.3, 0.4) is 0 Å². The first kappa shape index (κ1) is 21.1. The zero-order valence-corrected chi connectivity index (χ0v) is 17.8. The zero-order chi connectivity index (χ0) is 21.2. The van der Waals surface area contributed by atoms with Crippen molar-refractivity contribution in [2.24, 2.45) is 0 Å². The van der Waals surface area contributed by atoms with Crippen molar-refractivity contribution >= 4 is 44.1 Å². The molecule has 7 nitrogen and oxygen atoms in total. The largest absolute Gasteiger partial charge is 0.329 e. The van der Waals surface area contributed by atoms with Gasteiger partial charge in [0.25, 0.3) is 0 Å². The van der Waals surface area contributed by atoms with E-state index >= 15 is 0 Å². The Labute approximate surface area is 173 Å². The highest BCUT2D eigenvalue weighted by atomic mass is 35.5. The second-order valence-corrected chi connectivity index (χ2v) is 9.21. The van der Waals surface area contributed by atoms with Gasteiger partial charge in [0.05, 0.1) is 26.6 Å². The maximum absolute atomic E-state index is 12.8. The number of hydrogen-bond acceptors (Lipinski definition) is 4. The number of fused-ring (bicyclic) bond motifs is 1. The Morgan fingerprint density at radius 1 is 1.07 bits per heavy atom. The molecule has 154 valence electrons. The number of halogens is 1. The van der Waals surface area contributed by atoms with Gasteiger partial charge in [-0.2, -0.15) is 0 Å². The van der Waals surface area contributed by atoms with Crippen molar-refractivity contribution in [2.45, 2.75) is 37.8 Å². The molecule has 0 saturated heterocycles. The number of anilines is 1. The maximum Gasteiger partial charge on any atom is 0.329 e. The van der Waals surface area contributed by atoms with Crippen LogP contribution in [-0.2, 0) is 27.7 Å². The number of sulfone groups is 1. The number of carbonyl (C=O) groups is 1. The molecule has 1 aromatic heterocycles. The maximum atomic E-state index is 12.8. The van der Waals surface area contributed by atoms with Crippen molar-refractivity contribution in [1.29, 1.82) is 0 Å². The third kappa shape index (κ3) is 4.54. The Bertz CT molecular complexity index is 1230. The highest BCUT2D eigenvalue weighted by molar-refractivity contribution is 7.90. The van der Waals surface area contributed by atoms with Gasteiger partial charge in [-0.15, -0.1) is 0 Å². The summed E-state index contributed by atoms with van der Waals surface area (Å²) >= 11 is 6.08. The Morgan fingerprint density at radius 3 is 2.28 bits per heavy atom. The fourth-order valence-electron chi connectivity index (χ4n) is 3.19. The van der Waals surface area contributed by atoms with Gasteiger partial charge >= 0.3 is 5.69 Å². The summed E-state index contributed by atoms with van der Waals surface area (Å²) in [5.41, 5.74) is 1.68. The molecule has 0 aliphatic carbocycles. The Morgan fingerprint density at radius 2 is 1.69 bits per heavy atom. The van der Waals surface area contributed by atoms with Crippen molar-refractivity contribution in [3.05, 3.63) is 58.0 Å². The monoisotopic (exact) mass is 435 g/mol. The number of imidazole rings is 1. The number of nitrogens with zero attached hydrogens (tertiary/aromatic N) is 2. The summed E-state index contributed by atoms with van der Waals surface area (Å²) in [6.07, 6.45) is 1.95. The van der Waals surface area contributed by atoms with E-state index in [0.717, 1.165) is 23.7 Å². The summed E-state index contributed by atoms with van der Waals surface area (Å²) in [6, 6.07) is 11.6. The van der Waals surface area contributed by atoms with Gasteiger partial charge < -0.3 is 5.32 Å². The number of amides is 1. The van der Waals surface area contributed by atoms with Crippen LogP contribution in [0.5, 0.6) is 0 Å². The standard InChI is InChI=1S/C20H22ClN3O4S/c1-3-11-23-17-6-4-5-7-18(17)24(20(23)26)12-10-19(25)22-16-13-14(29(2,27)28)8-9-15(16)21/h4-9,13H,3,10-12H2,1-2H3,(H,22,25). The van der Waals surface area contributed by atoms with E-state index in [-0.39, 0.29) is 40.2 Å². The summed E-state index contributed by atoms with van der Waals surface area (Å²) in [5, 5.41) is 2.87. The Kier molecular flexibility index (Phi) is 6.14. The van der Waals surface area contributed by atoms with Gasteiger partial charge in [-0.1, -0.05) is 30.7 Å². The third-order valence-corrected chi connectivity index (χ3v) is 6.01. The van der Waals surface area contributed by atoms with E-state index in [4.69, 9.17) is 11.6 Å². The predicted octanol–water partition coefficient (Wildman–Crippen LogP) is 3.30. The molecule has 1 amide bonds. The molecule has 2 aromatic carbocycles. The SMILES string of the molecule is CCCn1c(=O)n(CCC(=O)Nc2cc(S(C)(=O)=O)ccc2Cl)c2ccccc21. The van der Waals surface area contributed by atoms with Crippen LogP contribution in [0.1, 0.15) is 19.8 Å². The first-order chi connectivity index (χ1) is 13.7. The molecule has 3 aromatic rings. The van der Waals surface area contributed by atoms with Crippen LogP contribution in [-0.4, -0.2) is 29.7 Å². The molecule has 0 spiro atoms. The average molecular weight is 436 g/mol.